The Hall–Kier alpha value is -0.780. The zero-order chi connectivity index (χ0) is 9.78. The molecule has 0 spiro atoms. The summed E-state index contributed by atoms with van der Waals surface area (Å²) in [5, 5.41) is 0. The summed E-state index contributed by atoms with van der Waals surface area (Å²) in [6.07, 6.45) is -6.62. The van der Waals surface area contributed by atoms with E-state index >= 15 is 0 Å². The van der Waals surface area contributed by atoms with E-state index in [-0.39, 0.29) is 6.42 Å². The maximum Gasteiger partial charge on any atom is 0.418 e. The maximum absolute atomic E-state index is 11.7. The molecule has 12 heavy (non-hydrogen) atoms. The van der Waals surface area contributed by atoms with Crippen molar-refractivity contribution in [1.82, 2.24) is 0 Å². The van der Waals surface area contributed by atoms with Gasteiger partial charge >= 0.3 is 12.1 Å². The van der Waals surface area contributed by atoms with Crippen molar-refractivity contribution in [3.05, 3.63) is 0 Å². The van der Waals surface area contributed by atoms with E-state index in [1.54, 1.807) is 0 Å². The molecule has 0 bridgehead atoms. The van der Waals surface area contributed by atoms with Crippen molar-refractivity contribution in [3.8, 4) is 0 Å². The van der Waals surface area contributed by atoms with Crippen LogP contribution in [0.25, 0.3) is 0 Å². The highest BCUT2D eigenvalue weighted by Crippen LogP contribution is 2.22. The van der Waals surface area contributed by atoms with Gasteiger partial charge in [0.2, 0.25) is 0 Å². The van der Waals surface area contributed by atoms with E-state index in [2.05, 4.69) is 9.78 Å². The van der Waals surface area contributed by atoms with Crippen LogP contribution in [0.1, 0.15) is 20.3 Å². The third-order valence-corrected chi connectivity index (χ3v) is 1.04. The highest BCUT2D eigenvalue weighted by Gasteiger charge is 2.38. The van der Waals surface area contributed by atoms with Crippen LogP contribution in [0.3, 0.4) is 0 Å². The lowest BCUT2D eigenvalue weighted by atomic mass is 10.4. The molecular weight excluding hydrogens is 177 g/mol. The number of hydrogen-bond donors (Lipinski definition) is 0. The Morgan fingerprint density at radius 2 is 2.00 bits per heavy atom. The number of carbonyl (C=O) groups excluding carboxylic acids is 1. The first-order valence-electron chi connectivity index (χ1n) is 3.30. The molecule has 0 aromatic carbocycles. The molecule has 0 saturated heterocycles. The molecule has 0 fully saturated rings. The zero-order valence-corrected chi connectivity index (χ0v) is 6.64. The Kier molecular flexibility index (Phi) is 4.02. The molecule has 0 aliphatic carbocycles. The third kappa shape index (κ3) is 4.17. The monoisotopic (exact) mass is 186 g/mol. The predicted octanol–water partition coefficient (Wildman–Crippen LogP) is 1.82. The van der Waals surface area contributed by atoms with Gasteiger partial charge in [-0.25, -0.2) is 4.79 Å². The fourth-order valence-corrected chi connectivity index (χ4v) is 0.239. The second-order valence-electron chi connectivity index (χ2n) is 2.09. The zero-order valence-electron chi connectivity index (χ0n) is 6.64. The number of alkyl halides is 3. The summed E-state index contributed by atoms with van der Waals surface area (Å²) in [5.74, 6) is -0.828. The lowest BCUT2D eigenvalue weighted by molar-refractivity contribution is -0.350. The molecule has 0 aromatic heterocycles. The van der Waals surface area contributed by atoms with Gasteiger partial charge in [-0.05, 0) is 6.92 Å². The summed E-state index contributed by atoms with van der Waals surface area (Å²) < 4.78 is 35.1. The lowest BCUT2D eigenvalue weighted by Crippen LogP contribution is -2.29. The first kappa shape index (κ1) is 11.2. The van der Waals surface area contributed by atoms with Crippen molar-refractivity contribution < 1.29 is 27.7 Å². The molecule has 1 atom stereocenters. The summed E-state index contributed by atoms with van der Waals surface area (Å²) in [4.78, 5) is 17.9. The minimum atomic E-state index is -4.51. The minimum Gasteiger partial charge on any atom is -0.298 e. The number of halogens is 3. The van der Waals surface area contributed by atoms with Crippen molar-refractivity contribution in [1.29, 1.82) is 0 Å². The quantitative estimate of drug-likeness (QED) is 0.498. The highest BCUT2D eigenvalue weighted by atomic mass is 19.4. The minimum absolute atomic E-state index is 0.0232. The fraction of sp³-hybridized carbons (Fsp3) is 0.833. The number of hydrogen-bond acceptors (Lipinski definition) is 3. The van der Waals surface area contributed by atoms with Crippen LogP contribution in [0.15, 0.2) is 0 Å². The average Bonchev–Trinajstić information content (AvgIpc) is 1.97. The van der Waals surface area contributed by atoms with Crippen LogP contribution in [0.5, 0.6) is 0 Å². The van der Waals surface area contributed by atoms with Gasteiger partial charge in [0.05, 0.1) is 0 Å². The van der Waals surface area contributed by atoms with Gasteiger partial charge in [0.1, 0.15) is 0 Å². The summed E-state index contributed by atoms with van der Waals surface area (Å²) >= 11 is 0. The van der Waals surface area contributed by atoms with E-state index in [9.17, 15) is 18.0 Å². The van der Waals surface area contributed by atoms with E-state index in [1.807, 2.05) is 0 Å². The van der Waals surface area contributed by atoms with Crippen LogP contribution >= 0.6 is 0 Å². The van der Waals surface area contributed by atoms with Gasteiger partial charge in [-0.15, -0.1) is 0 Å². The molecule has 6 heteroatoms. The van der Waals surface area contributed by atoms with Crippen molar-refractivity contribution in [2.45, 2.75) is 32.5 Å². The Bertz CT molecular complexity index is 155. The van der Waals surface area contributed by atoms with E-state index < -0.39 is 18.2 Å². The smallest absolute Gasteiger partial charge is 0.298 e. The van der Waals surface area contributed by atoms with E-state index in [0.717, 1.165) is 6.92 Å². The van der Waals surface area contributed by atoms with Gasteiger partial charge in [0.15, 0.2) is 6.10 Å². The second kappa shape index (κ2) is 4.30. The molecule has 0 saturated carbocycles. The Morgan fingerprint density at radius 1 is 1.50 bits per heavy atom. The Balaban J connectivity index is 3.72. The van der Waals surface area contributed by atoms with Crippen LogP contribution in [-0.4, -0.2) is 18.2 Å². The Labute approximate surface area is 67.4 Å². The molecule has 0 radical (unpaired) electrons. The maximum atomic E-state index is 11.7. The molecule has 0 aliphatic heterocycles. The summed E-state index contributed by atoms with van der Waals surface area (Å²) in [6, 6.07) is 0. The lowest BCUT2D eigenvalue weighted by Gasteiger charge is -2.13. The first-order valence-corrected chi connectivity index (χ1v) is 3.30. The van der Waals surface area contributed by atoms with Crippen LogP contribution in [-0.2, 0) is 14.6 Å². The topological polar surface area (TPSA) is 35.5 Å². The van der Waals surface area contributed by atoms with Gasteiger partial charge in [-0.2, -0.15) is 18.1 Å². The van der Waals surface area contributed by atoms with Gasteiger partial charge in [0.25, 0.3) is 0 Å². The standard InChI is InChI=1S/C6H9F3O3/c1-3-5(10)12-11-4(2)6(7,8)9/h4H,3H2,1-2H3. The molecular formula is C6H9F3O3. The molecule has 0 aromatic rings. The molecule has 0 heterocycles. The number of rotatable bonds is 3. The molecule has 72 valence electrons. The Morgan fingerprint density at radius 3 is 2.33 bits per heavy atom. The van der Waals surface area contributed by atoms with Crippen molar-refractivity contribution in [2.24, 2.45) is 0 Å². The van der Waals surface area contributed by atoms with Crippen molar-refractivity contribution in [2.75, 3.05) is 0 Å². The first-order chi connectivity index (χ1) is 5.38. The molecule has 0 N–H and O–H groups in total. The summed E-state index contributed by atoms with van der Waals surface area (Å²) in [5.41, 5.74) is 0. The highest BCUT2D eigenvalue weighted by molar-refractivity contribution is 5.68. The van der Waals surface area contributed by atoms with E-state index in [0.29, 0.717) is 0 Å². The normalized spacial score (nSPS) is 14.1. The van der Waals surface area contributed by atoms with E-state index in [1.165, 1.54) is 6.92 Å². The fourth-order valence-electron chi connectivity index (χ4n) is 0.239. The van der Waals surface area contributed by atoms with Gasteiger partial charge in [0, 0.05) is 6.42 Å². The van der Waals surface area contributed by atoms with Crippen molar-refractivity contribution in [3.63, 3.8) is 0 Å². The average molecular weight is 186 g/mol. The predicted molar refractivity (Wildman–Crippen MR) is 33.0 cm³/mol. The number of carbonyl (C=O) groups is 1. The van der Waals surface area contributed by atoms with Crippen molar-refractivity contribution >= 4 is 5.97 Å². The molecule has 1 unspecified atom stereocenters. The van der Waals surface area contributed by atoms with Crippen LogP contribution in [0.4, 0.5) is 13.2 Å². The largest absolute Gasteiger partial charge is 0.418 e. The van der Waals surface area contributed by atoms with Crippen LogP contribution < -0.4 is 0 Å². The molecule has 0 aliphatic rings. The molecule has 0 amide bonds. The second-order valence-corrected chi connectivity index (χ2v) is 2.09. The van der Waals surface area contributed by atoms with Crippen LogP contribution in [0, 0.1) is 0 Å². The van der Waals surface area contributed by atoms with Gasteiger partial charge in [-0.1, -0.05) is 6.92 Å². The van der Waals surface area contributed by atoms with Gasteiger partial charge < -0.3 is 0 Å². The van der Waals surface area contributed by atoms with E-state index in [4.69, 9.17) is 0 Å². The third-order valence-electron chi connectivity index (χ3n) is 1.04. The molecule has 0 rings (SSSR count). The van der Waals surface area contributed by atoms with Crippen LogP contribution in [0.2, 0.25) is 0 Å². The van der Waals surface area contributed by atoms with Gasteiger partial charge in [-0.3, -0.25) is 4.89 Å². The molecule has 3 nitrogen and oxygen atoms in total. The SMILES string of the molecule is CCC(=O)OOC(C)C(F)(F)F. The summed E-state index contributed by atoms with van der Waals surface area (Å²) in [7, 11) is 0. The summed E-state index contributed by atoms with van der Waals surface area (Å²) in [6.45, 7) is 2.20.